The van der Waals surface area contributed by atoms with Gasteiger partial charge in [0, 0.05) is 51.3 Å². The van der Waals surface area contributed by atoms with Crippen molar-refractivity contribution in [1.29, 1.82) is 0 Å². The van der Waals surface area contributed by atoms with Crippen LogP contribution < -0.4 is 0 Å². The number of ether oxygens (including phenoxy) is 1. The molecule has 1 aliphatic rings. The Balaban J connectivity index is 2.00. The van der Waals surface area contributed by atoms with E-state index in [1.165, 1.54) is 56.5 Å². The zero-order valence-corrected chi connectivity index (χ0v) is 17.9. The number of nitro benzene ring substituents is 1. The Kier molecular flexibility index (Phi) is 7.43. The average Bonchev–Trinajstić information content (AvgIpc) is 3.04. The van der Waals surface area contributed by atoms with Crippen molar-refractivity contribution < 1.29 is 22.9 Å². The van der Waals surface area contributed by atoms with Crippen LogP contribution in [0.2, 0.25) is 0 Å². The van der Waals surface area contributed by atoms with Gasteiger partial charge in [-0.2, -0.15) is 34.9 Å². The van der Waals surface area contributed by atoms with Crippen LogP contribution in [0.3, 0.4) is 0 Å². The quantitative estimate of drug-likeness (QED) is 0.292. The van der Waals surface area contributed by atoms with Gasteiger partial charge in [0.2, 0.25) is 0 Å². The maximum atomic E-state index is 12.5. The SMILES string of the molecule is CN(C)S(=O)(=O)N(C)N=C[C@@H]1C[C@H](S)CN1C(=O)OCc1ccc([N+](=O)[O-])cc1. The number of likely N-dealkylation sites (tertiary alicyclic amines) is 1. The van der Waals surface area contributed by atoms with E-state index in [2.05, 4.69) is 17.7 Å². The first-order valence-electron chi connectivity index (χ1n) is 8.57. The summed E-state index contributed by atoms with van der Waals surface area (Å²) in [4.78, 5) is 24.0. The third-order valence-corrected chi connectivity index (χ3v) is 6.32. The van der Waals surface area contributed by atoms with E-state index >= 15 is 0 Å². The van der Waals surface area contributed by atoms with Gasteiger partial charge in [-0.15, -0.1) is 0 Å². The minimum atomic E-state index is -3.71. The molecule has 1 aromatic rings. The lowest BCUT2D eigenvalue weighted by atomic mass is 10.2. The molecule has 13 heteroatoms. The number of benzene rings is 1. The van der Waals surface area contributed by atoms with Crippen LogP contribution >= 0.6 is 12.6 Å². The van der Waals surface area contributed by atoms with Crippen LogP contribution in [0.15, 0.2) is 29.4 Å². The van der Waals surface area contributed by atoms with Gasteiger partial charge in [0.1, 0.15) is 6.61 Å². The minimum Gasteiger partial charge on any atom is -0.445 e. The van der Waals surface area contributed by atoms with Crippen LogP contribution in [-0.4, -0.2) is 78.2 Å². The van der Waals surface area contributed by atoms with Gasteiger partial charge in [-0.25, -0.2) is 4.79 Å². The van der Waals surface area contributed by atoms with Crippen molar-refractivity contribution in [3.8, 4) is 0 Å². The highest BCUT2D eigenvalue weighted by atomic mass is 32.2. The second-order valence-electron chi connectivity index (χ2n) is 6.58. The van der Waals surface area contributed by atoms with Gasteiger partial charge in [0.15, 0.2) is 0 Å². The molecule has 1 amide bonds. The fourth-order valence-corrected chi connectivity index (χ4v) is 3.64. The lowest BCUT2D eigenvalue weighted by molar-refractivity contribution is -0.384. The van der Waals surface area contributed by atoms with E-state index in [1.807, 2.05) is 0 Å². The second-order valence-corrected chi connectivity index (χ2v) is 9.46. The van der Waals surface area contributed by atoms with Gasteiger partial charge in [-0.05, 0) is 24.1 Å². The van der Waals surface area contributed by atoms with Crippen LogP contribution in [0.4, 0.5) is 10.5 Å². The molecule has 1 aliphatic heterocycles. The first-order valence-corrected chi connectivity index (χ1v) is 10.5. The Morgan fingerprint density at radius 1 is 1.38 bits per heavy atom. The van der Waals surface area contributed by atoms with Crippen molar-refractivity contribution >= 4 is 40.8 Å². The Morgan fingerprint density at radius 2 is 2.00 bits per heavy atom. The van der Waals surface area contributed by atoms with Gasteiger partial charge in [0.05, 0.1) is 11.0 Å². The number of amides is 1. The number of nitro groups is 1. The maximum Gasteiger partial charge on any atom is 0.410 e. The average molecular weight is 446 g/mol. The molecule has 0 aliphatic carbocycles. The summed E-state index contributed by atoms with van der Waals surface area (Å²) in [7, 11) is 0.376. The predicted octanol–water partition coefficient (Wildman–Crippen LogP) is 1.33. The molecular formula is C16H23N5O6S2. The molecule has 2 rings (SSSR count). The lowest BCUT2D eigenvalue weighted by Gasteiger charge is -2.22. The Bertz CT molecular complexity index is 874. The van der Waals surface area contributed by atoms with Crippen LogP contribution in [0.1, 0.15) is 12.0 Å². The van der Waals surface area contributed by atoms with E-state index in [-0.39, 0.29) is 17.5 Å². The summed E-state index contributed by atoms with van der Waals surface area (Å²) in [5, 5.41) is 14.5. The Labute approximate surface area is 174 Å². The number of nitrogens with zero attached hydrogens (tertiary/aromatic N) is 5. The van der Waals surface area contributed by atoms with E-state index < -0.39 is 27.3 Å². The van der Waals surface area contributed by atoms with E-state index in [0.717, 1.165) is 8.72 Å². The number of thiol groups is 1. The fraction of sp³-hybridized carbons (Fsp3) is 0.500. The summed E-state index contributed by atoms with van der Waals surface area (Å²) in [6, 6.07) is 5.22. The molecule has 11 nitrogen and oxygen atoms in total. The van der Waals surface area contributed by atoms with Crippen LogP contribution in [0.5, 0.6) is 0 Å². The highest BCUT2D eigenvalue weighted by molar-refractivity contribution is 7.86. The van der Waals surface area contributed by atoms with E-state index in [1.54, 1.807) is 0 Å². The standard InChI is InChI=1S/C16H23N5O6S2/c1-18(2)29(25,26)19(3)17-9-14-8-15(28)10-20(14)16(22)27-11-12-4-6-13(7-5-12)21(23)24/h4-7,9,14-15,28H,8,10-11H2,1-3H3/t14-,15-/m0/s1. The number of hydrogen-bond acceptors (Lipinski definition) is 8. The molecule has 160 valence electrons. The van der Waals surface area contributed by atoms with Gasteiger partial charge in [0.25, 0.3) is 5.69 Å². The predicted molar refractivity (Wildman–Crippen MR) is 110 cm³/mol. The van der Waals surface area contributed by atoms with Crippen molar-refractivity contribution in [2.24, 2.45) is 5.10 Å². The third kappa shape index (κ3) is 5.81. The summed E-state index contributed by atoms with van der Waals surface area (Å²) < 4.78 is 31.2. The van der Waals surface area contributed by atoms with Crippen LogP contribution in [0, 0.1) is 10.1 Å². The summed E-state index contributed by atoms with van der Waals surface area (Å²) >= 11 is 4.39. The molecule has 1 saturated heterocycles. The number of carbonyl (C=O) groups is 1. The molecule has 1 fully saturated rings. The number of hydrazone groups is 1. The largest absolute Gasteiger partial charge is 0.445 e. The number of non-ortho nitro benzene ring substituents is 1. The smallest absolute Gasteiger partial charge is 0.410 e. The highest BCUT2D eigenvalue weighted by Crippen LogP contribution is 2.22. The number of carbonyl (C=O) groups excluding carboxylic acids is 1. The Morgan fingerprint density at radius 3 is 2.55 bits per heavy atom. The monoisotopic (exact) mass is 445 g/mol. The molecule has 1 heterocycles. The minimum absolute atomic E-state index is 0.0504. The van der Waals surface area contributed by atoms with Crippen molar-refractivity contribution in [3.05, 3.63) is 39.9 Å². The molecule has 0 N–H and O–H groups in total. The first-order chi connectivity index (χ1) is 13.5. The third-order valence-electron chi connectivity index (χ3n) is 4.26. The molecule has 29 heavy (non-hydrogen) atoms. The van der Waals surface area contributed by atoms with Gasteiger partial charge < -0.3 is 4.74 Å². The molecular weight excluding hydrogens is 422 g/mol. The van der Waals surface area contributed by atoms with E-state index in [4.69, 9.17) is 4.74 Å². The molecule has 0 aromatic heterocycles. The van der Waals surface area contributed by atoms with Crippen molar-refractivity contribution in [2.45, 2.75) is 24.3 Å². The normalized spacial score (nSPS) is 19.7. The number of rotatable bonds is 7. The zero-order valence-electron chi connectivity index (χ0n) is 16.2. The first kappa shape index (κ1) is 22.9. The zero-order chi connectivity index (χ0) is 21.8. The summed E-state index contributed by atoms with van der Waals surface area (Å²) in [6.45, 7) is 0.270. The maximum absolute atomic E-state index is 12.5. The fourth-order valence-electron chi connectivity index (χ4n) is 2.60. The molecule has 1 aromatic carbocycles. The topological polar surface area (TPSA) is 126 Å². The molecule has 0 radical (unpaired) electrons. The van der Waals surface area contributed by atoms with E-state index in [0.29, 0.717) is 18.5 Å². The molecule has 0 bridgehead atoms. The molecule has 2 atom stereocenters. The summed E-state index contributed by atoms with van der Waals surface area (Å²) in [5.41, 5.74) is 0.554. The number of hydrogen-bond donors (Lipinski definition) is 1. The molecule has 0 unspecified atom stereocenters. The van der Waals surface area contributed by atoms with Gasteiger partial charge >= 0.3 is 16.3 Å². The van der Waals surface area contributed by atoms with Gasteiger partial charge in [-0.3, -0.25) is 15.0 Å². The molecule has 0 saturated carbocycles. The van der Waals surface area contributed by atoms with Crippen molar-refractivity contribution in [1.82, 2.24) is 13.6 Å². The second kappa shape index (κ2) is 9.41. The summed E-state index contributed by atoms with van der Waals surface area (Å²) in [5.74, 6) is 0. The Hall–Kier alpha value is -2.38. The van der Waals surface area contributed by atoms with Crippen molar-refractivity contribution in [3.63, 3.8) is 0 Å². The molecule has 0 spiro atoms. The van der Waals surface area contributed by atoms with Crippen LogP contribution in [0.25, 0.3) is 0 Å². The lowest BCUT2D eigenvalue weighted by Crippen LogP contribution is -2.38. The van der Waals surface area contributed by atoms with Crippen LogP contribution in [-0.2, 0) is 21.6 Å². The summed E-state index contributed by atoms with van der Waals surface area (Å²) in [6.07, 6.45) is 1.27. The van der Waals surface area contributed by atoms with E-state index in [9.17, 15) is 23.3 Å². The van der Waals surface area contributed by atoms with Crippen molar-refractivity contribution in [2.75, 3.05) is 27.7 Å². The van der Waals surface area contributed by atoms with Gasteiger partial charge in [-0.1, -0.05) is 0 Å². The highest BCUT2D eigenvalue weighted by Gasteiger charge is 2.34.